The van der Waals surface area contributed by atoms with E-state index >= 15 is 0 Å². The fourth-order valence-corrected chi connectivity index (χ4v) is 1.64. The van der Waals surface area contributed by atoms with Gasteiger partial charge in [-0.1, -0.05) is 19.9 Å². The fourth-order valence-electron chi connectivity index (χ4n) is 1.64. The van der Waals surface area contributed by atoms with Crippen molar-refractivity contribution in [1.82, 2.24) is 15.3 Å². The van der Waals surface area contributed by atoms with Crippen molar-refractivity contribution in [1.29, 1.82) is 0 Å². The standard InChI is InChI=1S/C14H16FN3/c1-10(2)18-8-11-3-4-12(13(15)7-11)14-9-16-5-6-17-14/h3-7,9-10,18H,8H2,1-2H3. The van der Waals surface area contributed by atoms with E-state index in [9.17, 15) is 4.39 Å². The molecule has 0 fully saturated rings. The van der Waals surface area contributed by atoms with Gasteiger partial charge in [-0.15, -0.1) is 0 Å². The summed E-state index contributed by atoms with van der Waals surface area (Å²) < 4.78 is 14.0. The summed E-state index contributed by atoms with van der Waals surface area (Å²) in [5, 5.41) is 3.25. The fraction of sp³-hybridized carbons (Fsp3) is 0.286. The molecule has 0 aliphatic rings. The molecule has 0 aliphatic heterocycles. The van der Waals surface area contributed by atoms with Gasteiger partial charge in [0.25, 0.3) is 0 Å². The van der Waals surface area contributed by atoms with E-state index in [-0.39, 0.29) is 5.82 Å². The molecule has 0 bridgehead atoms. The maximum atomic E-state index is 14.0. The third-order valence-electron chi connectivity index (χ3n) is 2.59. The first-order valence-corrected chi connectivity index (χ1v) is 5.95. The van der Waals surface area contributed by atoms with Gasteiger partial charge in [0.2, 0.25) is 0 Å². The lowest BCUT2D eigenvalue weighted by molar-refractivity contribution is 0.582. The van der Waals surface area contributed by atoms with Crippen molar-refractivity contribution in [3.63, 3.8) is 0 Å². The molecule has 2 rings (SSSR count). The molecule has 0 radical (unpaired) electrons. The van der Waals surface area contributed by atoms with E-state index in [1.165, 1.54) is 0 Å². The number of hydrogen-bond donors (Lipinski definition) is 1. The van der Waals surface area contributed by atoms with Crippen molar-refractivity contribution in [2.45, 2.75) is 26.4 Å². The topological polar surface area (TPSA) is 37.8 Å². The normalized spacial score (nSPS) is 10.9. The highest BCUT2D eigenvalue weighted by Gasteiger charge is 2.07. The molecule has 0 saturated heterocycles. The van der Waals surface area contributed by atoms with Crippen LogP contribution in [0.2, 0.25) is 0 Å². The number of hydrogen-bond acceptors (Lipinski definition) is 3. The molecule has 0 aliphatic carbocycles. The first kappa shape index (κ1) is 12.6. The van der Waals surface area contributed by atoms with Gasteiger partial charge in [-0.3, -0.25) is 9.97 Å². The Labute approximate surface area is 106 Å². The number of halogens is 1. The van der Waals surface area contributed by atoms with Gasteiger partial charge in [0, 0.05) is 30.5 Å². The Bertz CT molecular complexity index is 512. The van der Waals surface area contributed by atoms with Gasteiger partial charge in [-0.25, -0.2) is 4.39 Å². The van der Waals surface area contributed by atoms with Gasteiger partial charge in [0.15, 0.2) is 0 Å². The molecule has 0 saturated carbocycles. The van der Waals surface area contributed by atoms with Gasteiger partial charge in [-0.05, 0) is 17.7 Å². The smallest absolute Gasteiger partial charge is 0.132 e. The van der Waals surface area contributed by atoms with E-state index in [1.54, 1.807) is 30.7 Å². The minimum Gasteiger partial charge on any atom is -0.310 e. The molecule has 0 atom stereocenters. The first-order chi connectivity index (χ1) is 8.66. The predicted molar refractivity (Wildman–Crippen MR) is 69.4 cm³/mol. The number of benzene rings is 1. The lowest BCUT2D eigenvalue weighted by Gasteiger charge is -2.09. The predicted octanol–water partition coefficient (Wildman–Crippen LogP) is 2.78. The first-order valence-electron chi connectivity index (χ1n) is 5.95. The molecule has 2 aromatic rings. The van der Waals surface area contributed by atoms with Crippen LogP contribution in [0.25, 0.3) is 11.3 Å². The highest BCUT2D eigenvalue weighted by molar-refractivity contribution is 5.59. The van der Waals surface area contributed by atoms with Crippen molar-refractivity contribution in [3.05, 3.63) is 48.2 Å². The summed E-state index contributed by atoms with van der Waals surface area (Å²) in [5.41, 5.74) is 1.96. The zero-order valence-electron chi connectivity index (χ0n) is 10.5. The molecule has 0 amide bonds. The monoisotopic (exact) mass is 245 g/mol. The third kappa shape index (κ3) is 3.11. The number of nitrogens with zero attached hydrogens (tertiary/aromatic N) is 2. The molecule has 18 heavy (non-hydrogen) atoms. The second-order valence-electron chi connectivity index (χ2n) is 4.44. The molecule has 1 heterocycles. The summed E-state index contributed by atoms with van der Waals surface area (Å²) in [5.74, 6) is -0.265. The summed E-state index contributed by atoms with van der Waals surface area (Å²) in [4.78, 5) is 8.04. The second-order valence-corrected chi connectivity index (χ2v) is 4.44. The van der Waals surface area contributed by atoms with Crippen LogP contribution in [0.15, 0.2) is 36.8 Å². The molecule has 1 aromatic heterocycles. The van der Waals surface area contributed by atoms with Crippen molar-refractivity contribution in [3.8, 4) is 11.3 Å². The zero-order chi connectivity index (χ0) is 13.0. The molecule has 3 nitrogen and oxygen atoms in total. The lowest BCUT2D eigenvalue weighted by atomic mass is 10.1. The Kier molecular flexibility index (Phi) is 3.99. The summed E-state index contributed by atoms with van der Waals surface area (Å²) in [6.07, 6.45) is 4.69. The molecule has 94 valence electrons. The maximum Gasteiger partial charge on any atom is 0.132 e. The highest BCUT2D eigenvalue weighted by Crippen LogP contribution is 2.20. The third-order valence-corrected chi connectivity index (χ3v) is 2.59. The van der Waals surface area contributed by atoms with E-state index in [1.807, 2.05) is 6.07 Å². The number of aromatic nitrogens is 2. The second kappa shape index (κ2) is 5.69. The van der Waals surface area contributed by atoms with Crippen LogP contribution >= 0.6 is 0 Å². The van der Waals surface area contributed by atoms with E-state index < -0.39 is 0 Å². The Morgan fingerprint density at radius 2 is 2.11 bits per heavy atom. The minimum atomic E-state index is -0.265. The van der Waals surface area contributed by atoms with Gasteiger partial charge in [0.05, 0.1) is 11.9 Å². The van der Waals surface area contributed by atoms with E-state index in [0.29, 0.717) is 23.8 Å². The summed E-state index contributed by atoms with van der Waals surface area (Å²) >= 11 is 0. The van der Waals surface area contributed by atoms with Crippen molar-refractivity contribution in [2.24, 2.45) is 0 Å². The molecule has 4 heteroatoms. The van der Waals surface area contributed by atoms with Crippen LogP contribution in [0.4, 0.5) is 4.39 Å². The van der Waals surface area contributed by atoms with Gasteiger partial charge >= 0.3 is 0 Å². The van der Waals surface area contributed by atoms with Crippen LogP contribution in [0.5, 0.6) is 0 Å². The molecule has 1 aromatic carbocycles. The Hall–Kier alpha value is -1.81. The minimum absolute atomic E-state index is 0.265. The highest BCUT2D eigenvalue weighted by atomic mass is 19.1. The Morgan fingerprint density at radius 3 is 2.72 bits per heavy atom. The lowest BCUT2D eigenvalue weighted by Crippen LogP contribution is -2.21. The summed E-state index contributed by atoms with van der Waals surface area (Å²) in [6.45, 7) is 4.78. The van der Waals surface area contributed by atoms with E-state index in [0.717, 1.165) is 5.56 Å². The largest absolute Gasteiger partial charge is 0.310 e. The van der Waals surface area contributed by atoms with Crippen LogP contribution in [-0.4, -0.2) is 16.0 Å². The van der Waals surface area contributed by atoms with E-state index in [2.05, 4.69) is 29.1 Å². The average molecular weight is 245 g/mol. The molecule has 0 unspecified atom stereocenters. The quantitative estimate of drug-likeness (QED) is 0.900. The molecule has 1 N–H and O–H groups in total. The average Bonchev–Trinajstić information content (AvgIpc) is 2.37. The van der Waals surface area contributed by atoms with Crippen LogP contribution in [0.3, 0.4) is 0 Å². The zero-order valence-corrected chi connectivity index (χ0v) is 10.5. The molecule has 0 spiro atoms. The summed E-state index contributed by atoms with van der Waals surface area (Å²) in [6, 6.07) is 5.58. The number of nitrogens with one attached hydrogen (secondary N) is 1. The van der Waals surface area contributed by atoms with Crippen LogP contribution < -0.4 is 5.32 Å². The van der Waals surface area contributed by atoms with Crippen molar-refractivity contribution < 1.29 is 4.39 Å². The Morgan fingerprint density at radius 1 is 1.28 bits per heavy atom. The van der Waals surface area contributed by atoms with Crippen molar-refractivity contribution >= 4 is 0 Å². The summed E-state index contributed by atoms with van der Waals surface area (Å²) in [7, 11) is 0. The Balaban J connectivity index is 2.20. The maximum absolute atomic E-state index is 14.0. The van der Waals surface area contributed by atoms with Gasteiger partial charge < -0.3 is 5.32 Å². The number of rotatable bonds is 4. The van der Waals surface area contributed by atoms with Crippen molar-refractivity contribution in [2.75, 3.05) is 0 Å². The van der Waals surface area contributed by atoms with Gasteiger partial charge in [-0.2, -0.15) is 0 Å². The molecular weight excluding hydrogens is 229 g/mol. The van der Waals surface area contributed by atoms with Crippen LogP contribution in [-0.2, 0) is 6.54 Å². The SMILES string of the molecule is CC(C)NCc1ccc(-c2cnccn2)c(F)c1. The molecular formula is C14H16FN3. The van der Waals surface area contributed by atoms with Crippen LogP contribution in [0, 0.1) is 5.82 Å². The van der Waals surface area contributed by atoms with E-state index in [4.69, 9.17) is 0 Å². The van der Waals surface area contributed by atoms with Crippen LogP contribution in [0.1, 0.15) is 19.4 Å². The van der Waals surface area contributed by atoms with Gasteiger partial charge in [0.1, 0.15) is 5.82 Å².